The third-order valence-electron chi connectivity index (χ3n) is 3.70. The molecule has 6 heteroatoms. The summed E-state index contributed by atoms with van der Waals surface area (Å²) in [5, 5.41) is 11.7. The van der Waals surface area contributed by atoms with E-state index in [2.05, 4.69) is 21.2 Å². The Morgan fingerprint density at radius 3 is 2.65 bits per heavy atom. The summed E-state index contributed by atoms with van der Waals surface area (Å²) in [5.74, 6) is -2.94. The zero-order valence-electron chi connectivity index (χ0n) is 11.0. The number of carbonyl (C=O) groups is 2. The van der Waals surface area contributed by atoms with Crippen molar-refractivity contribution in [3.05, 3.63) is 28.0 Å². The molecule has 0 spiro atoms. The van der Waals surface area contributed by atoms with Crippen molar-refractivity contribution in [1.82, 2.24) is 0 Å². The summed E-state index contributed by atoms with van der Waals surface area (Å²) in [6, 6.07) is 2.82. The Morgan fingerprint density at radius 2 is 2.00 bits per heavy atom. The van der Waals surface area contributed by atoms with Crippen LogP contribution in [0.4, 0.5) is 10.1 Å². The zero-order chi connectivity index (χ0) is 14.9. The summed E-state index contributed by atoms with van der Waals surface area (Å²) < 4.78 is 13.8. The largest absolute Gasteiger partial charge is 0.481 e. The van der Waals surface area contributed by atoms with Gasteiger partial charge in [0.1, 0.15) is 5.82 Å². The van der Waals surface area contributed by atoms with Gasteiger partial charge < -0.3 is 10.4 Å². The van der Waals surface area contributed by atoms with Gasteiger partial charge in [-0.3, -0.25) is 9.59 Å². The maximum Gasteiger partial charge on any atom is 0.307 e. The summed E-state index contributed by atoms with van der Waals surface area (Å²) >= 11 is 3.08. The van der Waals surface area contributed by atoms with Crippen LogP contribution in [0.1, 0.15) is 24.8 Å². The van der Waals surface area contributed by atoms with Crippen LogP contribution in [0.15, 0.2) is 16.6 Å². The first-order chi connectivity index (χ1) is 9.40. The average Bonchev–Trinajstić information content (AvgIpc) is 2.85. The molecule has 0 bridgehead atoms. The molecule has 1 aliphatic rings. The first kappa shape index (κ1) is 15.0. The quantitative estimate of drug-likeness (QED) is 0.884. The van der Waals surface area contributed by atoms with Crippen molar-refractivity contribution in [2.45, 2.75) is 26.2 Å². The van der Waals surface area contributed by atoms with Gasteiger partial charge in [0.15, 0.2) is 0 Å². The molecule has 1 aliphatic carbocycles. The van der Waals surface area contributed by atoms with Gasteiger partial charge in [-0.1, -0.05) is 6.42 Å². The zero-order valence-corrected chi connectivity index (χ0v) is 12.5. The van der Waals surface area contributed by atoms with Crippen molar-refractivity contribution in [2.24, 2.45) is 11.8 Å². The van der Waals surface area contributed by atoms with Gasteiger partial charge in [0, 0.05) is 5.69 Å². The number of carbonyl (C=O) groups excluding carboxylic acids is 1. The van der Waals surface area contributed by atoms with Crippen LogP contribution in [0.25, 0.3) is 0 Å². The molecule has 4 nitrogen and oxygen atoms in total. The summed E-state index contributed by atoms with van der Waals surface area (Å²) in [5.41, 5.74) is 1.10. The maximum absolute atomic E-state index is 13.5. The van der Waals surface area contributed by atoms with Crippen molar-refractivity contribution >= 4 is 33.5 Å². The van der Waals surface area contributed by atoms with Gasteiger partial charge in [-0.25, -0.2) is 4.39 Å². The minimum atomic E-state index is -0.943. The fourth-order valence-corrected chi connectivity index (χ4v) is 3.03. The number of aryl methyl sites for hydroxylation is 1. The smallest absolute Gasteiger partial charge is 0.307 e. The van der Waals surface area contributed by atoms with Crippen LogP contribution < -0.4 is 5.32 Å². The van der Waals surface area contributed by atoms with Gasteiger partial charge >= 0.3 is 5.97 Å². The first-order valence-corrected chi connectivity index (χ1v) is 7.18. The van der Waals surface area contributed by atoms with E-state index in [0.717, 1.165) is 12.0 Å². The fourth-order valence-electron chi connectivity index (χ4n) is 2.58. The van der Waals surface area contributed by atoms with Crippen LogP contribution in [-0.4, -0.2) is 17.0 Å². The van der Waals surface area contributed by atoms with Crippen LogP contribution in [-0.2, 0) is 9.59 Å². The summed E-state index contributed by atoms with van der Waals surface area (Å²) in [6.45, 7) is 1.75. The van der Waals surface area contributed by atoms with E-state index in [4.69, 9.17) is 5.11 Å². The third-order valence-corrected chi connectivity index (χ3v) is 4.30. The molecule has 20 heavy (non-hydrogen) atoms. The normalized spacial score (nSPS) is 21.8. The highest BCUT2D eigenvalue weighted by molar-refractivity contribution is 9.10. The van der Waals surface area contributed by atoms with Crippen molar-refractivity contribution < 1.29 is 19.1 Å². The Morgan fingerprint density at radius 1 is 1.35 bits per heavy atom. The molecule has 1 saturated carbocycles. The van der Waals surface area contributed by atoms with Crippen LogP contribution >= 0.6 is 15.9 Å². The minimum Gasteiger partial charge on any atom is -0.481 e. The molecule has 0 radical (unpaired) electrons. The minimum absolute atomic E-state index is 0.331. The molecule has 0 heterocycles. The lowest BCUT2D eigenvalue weighted by molar-refractivity contribution is -0.145. The molecule has 1 aromatic rings. The Hall–Kier alpha value is -1.43. The monoisotopic (exact) mass is 343 g/mol. The number of hydrogen-bond donors (Lipinski definition) is 2. The number of benzene rings is 1. The van der Waals surface area contributed by atoms with Crippen LogP contribution in [0.2, 0.25) is 0 Å². The van der Waals surface area contributed by atoms with E-state index in [1.54, 1.807) is 13.0 Å². The number of aliphatic carboxylic acids is 1. The van der Waals surface area contributed by atoms with Gasteiger partial charge in [0.2, 0.25) is 5.91 Å². The molecule has 0 aromatic heterocycles. The second-order valence-electron chi connectivity index (χ2n) is 5.05. The predicted molar refractivity (Wildman–Crippen MR) is 75.9 cm³/mol. The highest BCUT2D eigenvalue weighted by Gasteiger charge is 2.37. The van der Waals surface area contributed by atoms with E-state index in [1.807, 2.05) is 0 Å². The number of anilines is 1. The van der Waals surface area contributed by atoms with Crippen molar-refractivity contribution in [3.8, 4) is 0 Å². The first-order valence-electron chi connectivity index (χ1n) is 6.39. The molecule has 2 atom stereocenters. The number of nitrogens with one attached hydrogen (secondary N) is 1. The van der Waals surface area contributed by atoms with Crippen molar-refractivity contribution in [1.29, 1.82) is 0 Å². The third kappa shape index (κ3) is 3.00. The topological polar surface area (TPSA) is 66.4 Å². The summed E-state index contributed by atoms with van der Waals surface area (Å²) in [7, 11) is 0. The standard InChI is InChI=1S/C14H15BrFNO3/c1-7-5-10(15)11(16)6-12(7)17-13(18)8-3-2-4-9(8)14(19)20/h5-6,8-9H,2-4H2,1H3,(H,17,18)(H,19,20)/t8-,9+/m1/s1. The second kappa shape index (κ2) is 5.91. The summed E-state index contributed by atoms with van der Waals surface area (Å²) in [4.78, 5) is 23.3. The Bertz CT molecular complexity index is 562. The van der Waals surface area contributed by atoms with Gasteiger partial charge in [0.25, 0.3) is 0 Å². The van der Waals surface area contributed by atoms with Crippen LogP contribution in [0.5, 0.6) is 0 Å². The number of amides is 1. The highest BCUT2D eigenvalue weighted by atomic mass is 79.9. The number of hydrogen-bond acceptors (Lipinski definition) is 2. The molecule has 0 unspecified atom stereocenters. The van der Waals surface area contributed by atoms with E-state index in [0.29, 0.717) is 23.0 Å². The molecule has 108 valence electrons. The lowest BCUT2D eigenvalue weighted by Crippen LogP contribution is -2.30. The Labute approximate surface area is 124 Å². The van der Waals surface area contributed by atoms with Crippen LogP contribution in [0, 0.1) is 24.6 Å². The van der Waals surface area contributed by atoms with E-state index >= 15 is 0 Å². The Balaban J connectivity index is 2.16. The molecule has 0 saturated heterocycles. The van der Waals surface area contributed by atoms with E-state index in [1.165, 1.54) is 6.07 Å². The van der Waals surface area contributed by atoms with Gasteiger partial charge in [-0.15, -0.1) is 0 Å². The molecular weight excluding hydrogens is 329 g/mol. The van der Waals surface area contributed by atoms with Crippen molar-refractivity contribution in [2.75, 3.05) is 5.32 Å². The average molecular weight is 344 g/mol. The Kier molecular flexibility index (Phi) is 4.42. The van der Waals surface area contributed by atoms with Crippen LogP contribution in [0.3, 0.4) is 0 Å². The van der Waals surface area contributed by atoms with E-state index < -0.39 is 23.6 Å². The summed E-state index contributed by atoms with van der Waals surface area (Å²) in [6.07, 6.45) is 1.80. The molecule has 2 rings (SSSR count). The molecule has 1 aromatic carbocycles. The molecule has 1 fully saturated rings. The van der Waals surface area contributed by atoms with Gasteiger partial charge in [0.05, 0.1) is 16.3 Å². The maximum atomic E-state index is 13.5. The SMILES string of the molecule is Cc1cc(Br)c(F)cc1NC(=O)[C@@H]1CCC[C@@H]1C(=O)O. The lowest BCUT2D eigenvalue weighted by Gasteiger charge is -2.17. The van der Waals surface area contributed by atoms with E-state index in [9.17, 15) is 14.0 Å². The fraction of sp³-hybridized carbons (Fsp3) is 0.429. The number of rotatable bonds is 3. The van der Waals surface area contributed by atoms with Gasteiger partial charge in [-0.2, -0.15) is 0 Å². The number of halogens is 2. The molecular formula is C14H15BrFNO3. The number of carboxylic acid groups (broad SMARTS) is 1. The molecule has 2 N–H and O–H groups in total. The highest BCUT2D eigenvalue weighted by Crippen LogP contribution is 2.33. The van der Waals surface area contributed by atoms with Crippen molar-refractivity contribution in [3.63, 3.8) is 0 Å². The van der Waals surface area contributed by atoms with E-state index in [-0.39, 0.29) is 5.91 Å². The lowest BCUT2D eigenvalue weighted by atomic mass is 9.95. The van der Waals surface area contributed by atoms with Gasteiger partial charge in [-0.05, 0) is 53.4 Å². The second-order valence-corrected chi connectivity index (χ2v) is 5.91. The molecule has 0 aliphatic heterocycles. The number of carboxylic acids is 1. The predicted octanol–water partition coefficient (Wildman–Crippen LogP) is 3.34. The molecule has 1 amide bonds.